The summed E-state index contributed by atoms with van der Waals surface area (Å²) >= 11 is 1.18. The molecule has 0 unspecified atom stereocenters. The molecule has 4 rings (SSSR count). The van der Waals surface area contributed by atoms with Gasteiger partial charge in [0.25, 0.3) is 5.91 Å². The van der Waals surface area contributed by atoms with Crippen molar-refractivity contribution < 1.29 is 31.9 Å². The summed E-state index contributed by atoms with van der Waals surface area (Å²) in [6, 6.07) is 3.87. The highest BCUT2D eigenvalue weighted by molar-refractivity contribution is 8.15. The normalized spacial score (nSPS) is 24.8. The molecule has 1 aromatic heterocycles. The van der Waals surface area contributed by atoms with Crippen molar-refractivity contribution in [1.29, 1.82) is 0 Å². The molecular weight excluding hydrogens is 540 g/mol. The fourth-order valence-electron chi connectivity index (χ4n) is 4.42. The predicted molar refractivity (Wildman–Crippen MR) is 138 cm³/mol. The van der Waals surface area contributed by atoms with E-state index < -0.39 is 40.7 Å². The molecule has 0 bridgehead atoms. The van der Waals surface area contributed by atoms with Gasteiger partial charge in [-0.1, -0.05) is 25.6 Å². The number of rotatable bonds is 8. The number of carbonyl (C=O) groups is 2. The summed E-state index contributed by atoms with van der Waals surface area (Å²) in [4.78, 5) is 37.9. The van der Waals surface area contributed by atoms with Gasteiger partial charge in [-0.3, -0.25) is 14.6 Å². The number of amidine groups is 1. The monoisotopic (exact) mass is 568 g/mol. The zero-order valence-corrected chi connectivity index (χ0v) is 22.4. The first-order valence-corrected chi connectivity index (χ1v) is 12.9. The topological polar surface area (TPSA) is 132 Å². The van der Waals surface area contributed by atoms with Crippen molar-refractivity contribution >= 4 is 34.4 Å². The van der Waals surface area contributed by atoms with Crippen LogP contribution in [0.25, 0.3) is 0 Å². The lowest BCUT2D eigenvalue weighted by atomic mass is 9.85. The van der Waals surface area contributed by atoms with Gasteiger partial charge in [-0.15, -0.1) is 0 Å². The molecule has 1 fully saturated rings. The molecule has 0 saturated heterocycles. The van der Waals surface area contributed by atoms with E-state index in [1.54, 1.807) is 6.92 Å². The van der Waals surface area contributed by atoms with E-state index in [-0.39, 0.29) is 45.9 Å². The van der Waals surface area contributed by atoms with Crippen LogP contribution in [0.3, 0.4) is 0 Å². The molecule has 0 radical (unpaired) electrons. The van der Waals surface area contributed by atoms with E-state index in [4.69, 9.17) is 5.73 Å². The quantitative estimate of drug-likeness (QED) is 0.410. The average molecular weight is 569 g/mol. The van der Waals surface area contributed by atoms with E-state index in [9.17, 15) is 22.8 Å². The minimum absolute atomic E-state index is 0.0660. The molecule has 2 amide bonds. The molecule has 1 aliphatic heterocycles. The molecule has 1 aliphatic carbocycles. The number of nitrogens with two attached hydrogens (primary N) is 1. The minimum Gasteiger partial charge on any atom is -0.467 e. The van der Waals surface area contributed by atoms with E-state index in [0.717, 1.165) is 12.4 Å². The van der Waals surface area contributed by atoms with Gasteiger partial charge in [0.15, 0.2) is 11.8 Å². The Bertz CT molecular complexity index is 1310. The number of anilines is 1. The van der Waals surface area contributed by atoms with Crippen LogP contribution in [0.15, 0.2) is 35.6 Å². The van der Waals surface area contributed by atoms with Gasteiger partial charge in [-0.05, 0) is 44.4 Å². The molecule has 2 aliphatic rings. The van der Waals surface area contributed by atoms with Crippen molar-refractivity contribution in [3.63, 3.8) is 0 Å². The van der Waals surface area contributed by atoms with Crippen LogP contribution in [-0.4, -0.2) is 50.5 Å². The SMILES string of the molecule is CC(C)[C@@H](C)NC(=O)[C@]12C[C@H]1[C@@](C)(c1cc(NC(=O)c3cnc(OCC(F)(F)F)cn3)ccc1F)N=C(N)S2. The fourth-order valence-corrected chi connectivity index (χ4v) is 5.80. The lowest BCUT2D eigenvalue weighted by Crippen LogP contribution is -2.47. The predicted octanol–water partition coefficient (Wildman–Crippen LogP) is 4.01. The maximum atomic E-state index is 15.2. The van der Waals surface area contributed by atoms with Crippen LogP contribution in [0.5, 0.6) is 5.88 Å². The molecule has 39 heavy (non-hydrogen) atoms. The number of nitrogens with one attached hydrogen (secondary N) is 2. The Hall–Kier alpha value is -3.42. The Balaban J connectivity index is 1.53. The number of nitrogens with zero attached hydrogens (tertiary/aromatic N) is 3. The number of halogens is 4. The molecule has 2 aromatic rings. The van der Waals surface area contributed by atoms with Crippen LogP contribution in [0, 0.1) is 17.7 Å². The molecule has 1 aromatic carbocycles. The van der Waals surface area contributed by atoms with Crippen LogP contribution in [0.1, 0.15) is 50.2 Å². The van der Waals surface area contributed by atoms with Gasteiger partial charge in [0, 0.05) is 23.2 Å². The molecule has 9 nitrogen and oxygen atoms in total. The molecule has 4 atom stereocenters. The standard InChI is InChI=1S/C25H28F4N6O3S/c1-12(2)13(3)33-21(37)24-8-18(24)23(4,35-22(30)39-24)15-7-14(5-6-16(15)26)34-20(36)17-9-32-19(10-31-17)38-11-25(27,28)29/h5-7,9-10,12-13,18H,8,11H2,1-4H3,(H2,30,35)(H,33,37)(H,34,36)/t13-,18+,23-,24+/m1/s1. The van der Waals surface area contributed by atoms with Crippen molar-refractivity contribution in [1.82, 2.24) is 15.3 Å². The minimum atomic E-state index is -4.54. The van der Waals surface area contributed by atoms with Crippen LogP contribution < -0.4 is 21.1 Å². The Morgan fingerprint density at radius 1 is 1.23 bits per heavy atom. The van der Waals surface area contributed by atoms with Gasteiger partial charge in [0.2, 0.25) is 11.8 Å². The number of fused-ring (bicyclic) bond motifs is 1. The zero-order valence-electron chi connectivity index (χ0n) is 21.6. The fraction of sp³-hybridized carbons (Fsp3) is 0.480. The molecular formula is C25H28F4N6O3S. The summed E-state index contributed by atoms with van der Waals surface area (Å²) in [7, 11) is 0. The smallest absolute Gasteiger partial charge is 0.422 e. The Morgan fingerprint density at radius 2 is 1.95 bits per heavy atom. The first kappa shape index (κ1) is 28.6. The summed E-state index contributed by atoms with van der Waals surface area (Å²) in [5.41, 5.74) is 5.14. The summed E-state index contributed by atoms with van der Waals surface area (Å²) in [5.74, 6) is -1.99. The highest BCUT2D eigenvalue weighted by Gasteiger charge is 2.70. The maximum absolute atomic E-state index is 15.2. The summed E-state index contributed by atoms with van der Waals surface area (Å²) in [6.07, 6.45) is -2.24. The molecule has 2 heterocycles. The van der Waals surface area contributed by atoms with Gasteiger partial charge in [-0.2, -0.15) is 13.2 Å². The molecule has 210 valence electrons. The third kappa shape index (κ3) is 5.94. The number of carbonyl (C=O) groups excluding carboxylic acids is 2. The first-order chi connectivity index (χ1) is 18.1. The largest absolute Gasteiger partial charge is 0.467 e. The summed E-state index contributed by atoms with van der Waals surface area (Å²) in [5, 5.41) is 5.77. The number of benzene rings is 1. The van der Waals surface area contributed by atoms with Crippen LogP contribution >= 0.6 is 11.8 Å². The summed E-state index contributed by atoms with van der Waals surface area (Å²) in [6.45, 7) is 6.08. The second-order valence-electron chi connectivity index (χ2n) is 10.1. The highest BCUT2D eigenvalue weighted by Crippen LogP contribution is 2.66. The number of alkyl halides is 3. The third-order valence-electron chi connectivity index (χ3n) is 6.97. The van der Waals surface area contributed by atoms with Crippen molar-refractivity contribution in [2.75, 3.05) is 11.9 Å². The second kappa shape index (κ2) is 10.3. The van der Waals surface area contributed by atoms with Gasteiger partial charge in [0.05, 0.1) is 17.9 Å². The summed E-state index contributed by atoms with van der Waals surface area (Å²) < 4.78 is 55.7. The van der Waals surface area contributed by atoms with E-state index in [0.29, 0.717) is 6.42 Å². The molecule has 4 N–H and O–H groups in total. The highest BCUT2D eigenvalue weighted by atomic mass is 32.2. The lowest BCUT2D eigenvalue weighted by Gasteiger charge is -2.34. The molecule has 0 spiro atoms. The van der Waals surface area contributed by atoms with Crippen molar-refractivity contribution in [2.24, 2.45) is 22.6 Å². The van der Waals surface area contributed by atoms with Gasteiger partial charge in [0.1, 0.15) is 16.3 Å². The van der Waals surface area contributed by atoms with Crippen LogP contribution in [0.4, 0.5) is 23.2 Å². The number of hydrogen-bond acceptors (Lipinski definition) is 8. The number of ether oxygens (including phenoxy) is 1. The Morgan fingerprint density at radius 3 is 2.56 bits per heavy atom. The van der Waals surface area contributed by atoms with Crippen LogP contribution in [0.2, 0.25) is 0 Å². The van der Waals surface area contributed by atoms with Crippen molar-refractivity contribution in [3.05, 3.63) is 47.7 Å². The second-order valence-corrected chi connectivity index (χ2v) is 11.5. The Labute approximate surface area is 226 Å². The van der Waals surface area contributed by atoms with Crippen molar-refractivity contribution in [3.8, 4) is 5.88 Å². The van der Waals surface area contributed by atoms with Crippen LogP contribution in [-0.2, 0) is 10.3 Å². The van der Waals surface area contributed by atoms with Gasteiger partial charge < -0.3 is 21.1 Å². The number of aliphatic imine (C=N–C) groups is 1. The Kier molecular flexibility index (Phi) is 7.54. The molecule has 1 saturated carbocycles. The average Bonchev–Trinajstić information content (AvgIpc) is 3.60. The zero-order chi connectivity index (χ0) is 28.8. The number of amides is 2. The number of aromatic nitrogens is 2. The maximum Gasteiger partial charge on any atom is 0.422 e. The number of thioether (sulfide) groups is 1. The first-order valence-electron chi connectivity index (χ1n) is 12.1. The van der Waals surface area contributed by atoms with Gasteiger partial charge in [-0.25, -0.2) is 14.4 Å². The molecule has 14 heteroatoms. The van der Waals surface area contributed by atoms with Crippen molar-refractivity contribution in [2.45, 2.75) is 56.6 Å². The van der Waals surface area contributed by atoms with E-state index in [2.05, 4.69) is 30.3 Å². The lowest BCUT2D eigenvalue weighted by molar-refractivity contribution is -0.154. The third-order valence-corrected chi connectivity index (χ3v) is 8.28. The van der Waals surface area contributed by atoms with E-state index in [1.807, 2.05) is 20.8 Å². The van der Waals surface area contributed by atoms with Gasteiger partial charge >= 0.3 is 6.18 Å². The van der Waals surface area contributed by atoms with E-state index in [1.165, 1.54) is 30.0 Å². The number of hydrogen-bond donors (Lipinski definition) is 3. The van der Waals surface area contributed by atoms with E-state index >= 15 is 4.39 Å².